The summed E-state index contributed by atoms with van der Waals surface area (Å²) in [5.74, 6) is 0.856. The van der Waals surface area contributed by atoms with E-state index >= 15 is 0 Å². The molecule has 0 amide bonds. The molecule has 2 rings (SSSR count). The first-order chi connectivity index (χ1) is 21.7. The number of rotatable bonds is 11. The molecule has 48 heavy (non-hydrogen) atoms. The SMILES string of the molecule is C=CCn1c(=O)n(CC=C)c(=O)n(CCCC(C)(C)C)c1=O.CC(C)(C)C.CC(C)(C)C.CCOC(C)Oc1ccc(C(C)(C)C)cc1. The summed E-state index contributed by atoms with van der Waals surface area (Å²) in [6.45, 7) is 42.5. The van der Waals surface area contributed by atoms with Crippen LogP contribution in [0.25, 0.3) is 0 Å². The average Bonchev–Trinajstić information content (AvgIpc) is 2.89. The lowest BCUT2D eigenvalue weighted by atomic mass is 9.87. The van der Waals surface area contributed by atoms with Crippen molar-refractivity contribution in [2.75, 3.05) is 6.61 Å². The molecule has 0 saturated carbocycles. The van der Waals surface area contributed by atoms with Gasteiger partial charge in [0.15, 0.2) is 6.29 Å². The fourth-order valence-corrected chi connectivity index (χ4v) is 3.71. The van der Waals surface area contributed by atoms with Crippen LogP contribution in [0.4, 0.5) is 0 Å². The molecule has 1 unspecified atom stereocenters. The second-order valence-electron chi connectivity index (χ2n) is 17.4. The number of allylic oxidation sites excluding steroid dienone is 2. The van der Waals surface area contributed by atoms with Crippen LogP contribution in [-0.4, -0.2) is 26.6 Å². The van der Waals surface area contributed by atoms with Gasteiger partial charge < -0.3 is 9.47 Å². The van der Waals surface area contributed by atoms with E-state index in [1.165, 1.54) is 17.7 Å². The molecule has 0 spiro atoms. The third-order valence-corrected chi connectivity index (χ3v) is 5.74. The molecule has 0 aliphatic carbocycles. The van der Waals surface area contributed by atoms with E-state index in [1.807, 2.05) is 26.0 Å². The van der Waals surface area contributed by atoms with Crippen LogP contribution in [0.5, 0.6) is 5.75 Å². The average molecular weight is 674 g/mol. The lowest BCUT2D eigenvalue weighted by Gasteiger charge is -2.20. The summed E-state index contributed by atoms with van der Waals surface area (Å²) in [5.41, 5.74) is 0.836. The molecule has 2 aromatic rings. The number of nitrogens with zero attached hydrogens (tertiary/aromatic N) is 3. The molecule has 8 heteroatoms. The summed E-state index contributed by atoms with van der Waals surface area (Å²) in [6, 6.07) is 8.20. The molecule has 0 aliphatic rings. The Hall–Kier alpha value is -3.13. The van der Waals surface area contributed by atoms with Crippen LogP contribution < -0.4 is 21.8 Å². The molecule has 1 heterocycles. The molecule has 0 fully saturated rings. The van der Waals surface area contributed by atoms with Crippen molar-refractivity contribution in [3.05, 3.63) is 86.6 Å². The van der Waals surface area contributed by atoms with Crippen LogP contribution in [0, 0.1) is 16.2 Å². The molecule has 0 aliphatic heterocycles. The Morgan fingerprint density at radius 1 is 0.688 bits per heavy atom. The molecule has 1 aromatic heterocycles. The van der Waals surface area contributed by atoms with Crippen LogP contribution >= 0.6 is 0 Å². The predicted octanol–water partition coefficient (Wildman–Crippen LogP) is 9.22. The third kappa shape index (κ3) is 23.2. The highest BCUT2D eigenvalue weighted by atomic mass is 16.7. The zero-order valence-corrected chi connectivity index (χ0v) is 33.6. The van der Waals surface area contributed by atoms with Crippen molar-refractivity contribution in [2.24, 2.45) is 16.2 Å². The smallest absolute Gasteiger partial charge is 0.336 e. The maximum Gasteiger partial charge on any atom is 0.336 e. The van der Waals surface area contributed by atoms with E-state index in [0.717, 1.165) is 25.9 Å². The summed E-state index contributed by atoms with van der Waals surface area (Å²) in [6.07, 6.45) is 4.31. The van der Waals surface area contributed by atoms with Gasteiger partial charge in [0.25, 0.3) is 0 Å². The first-order valence-electron chi connectivity index (χ1n) is 17.2. The predicted molar refractivity (Wildman–Crippen MR) is 205 cm³/mol. The van der Waals surface area contributed by atoms with Gasteiger partial charge >= 0.3 is 17.1 Å². The van der Waals surface area contributed by atoms with Crippen molar-refractivity contribution in [2.45, 2.75) is 155 Å². The van der Waals surface area contributed by atoms with Gasteiger partial charge in [-0.15, -0.1) is 13.2 Å². The maximum atomic E-state index is 12.4. The lowest BCUT2D eigenvalue weighted by molar-refractivity contribution is -0.0613. The Morgan fingerprint density at radius 3 is 1.38 bits per heavy atom. The molecular weight excluding hydrogens is 602 g/mol. The molecule has 0 N–H and O–H groups in total. The lowest BCUT2D eigenvalue weighted by Crippen LogP contribution is -2.54. The quantitative estimate of drug-likeness (QED) is 0.175. The van der Waals surface area contributed by atoms with Crippen LogP contribution in [0.2, 0.25) is 0 Å². The van der Waals surface area contributed by atoms with Gasteiger partial charge in [0.05, 0.1) is 13.1 Å². The Morgan fingerprint density at radius 2 is 1.06 bits per heavy atom. The molecular formula is C40H71N3O5. The first kappa shape index (κ1) is 47.0. The molecule has 1 atom stereocenters. The second-order valence-corrected chi connectivity index (χ2v) is 17.4. The van der Waals surface area contributed by atoms with Gasteiger partial charge in [-0.1, -0.05) is 121 Å². The van der Waals surface area contributed by atoms with Crippen LogP contribution in [0.15, 0.2) is 64.0 Å². The highest BCUT2D eigenvalue weighted by molar-refractivity contribution is 5.31. The monoisotopic (exact) mass is 674 g/mol. The number of ether oxygens (including phenoxy) is 2. The van der Waals surface area contributed by atoms with Gasteiger partial charge in [-0.2, -0.15) is 0 Å². The Kier molecular flexibility index (Phi) is 20.6. The van der Waals surface area contributed by atoms with Crippen molar-refractivity contribution in [1.29, 1.82) is 0 Å². The highest BCUT2D eigenvalue weighted by Gasteiger charge is 2.16. The molecule has 0 saturated heterocycles. The zero-order valence-electron chi connectivity index (χ0n) is 33.6. The normalized spacial score (nSPS) is 12.2. The van der Waals surface area contributed by atoms with Gasteiger partial charge in [-0.05, 0) is 66.0 Å². The highest BCUT2D eigenvalue weighted by Crippen LogP contribution is 2.24. The van der Waals surface area contributed by atoms with E-state index in [4.69, 9.17) is 9.47 Å². The Labute approximate surface area is 292 Å². The summed E-state index contributed by atoms with van der Waals surface area (Å²) < 4.78 is 14.1. The largest absolute Gasteiger partial charge is 0.465 e. The van der Waals surface area contributed by atoms with Crippen LogP contribution in [-0.2, 0) is 29.8 Å². The Bertz CT molecular complexity index is 1310. The van der Waals surface area contributed by atoms with Gasteiger partial charge in [-0.25, -0.2) is 28.1 Å². The van der Waals surface area contributed by atoms with Gasteiger partial charge in [0.1, 0.15) is 5.75 Å². The third-order valence-electron chi connectivity index (χ3n) is 5.74. The summed E-state index contributed by atoms with van der Waals surface area (Å²) in [4.78, 5) is 36.9. The van der Waals surface area contributed by atoms with Crippen LogP contribution in [0.3, 0.4) is 0 Å². The van der Waals surface area contributed by atoms with Crippen molar-refractivity contribution in [3.8, 4) is 5.75 Å². The second kappa shape index (κ2) is 21.1. The molecule has 8 nitrogen and oxygen atoms in total. The molecule has 1 aromatic carbocycles. The van der Waals surface area contributed by atoms with E-state index in [1.54, 1.807) is 0 Å². The zero-order chi connectivity index (χ0) is 38.1. The maximum absolute atomic E-state index is 12.4. The molecule has 0 radical (unpaired) electrons. The number of hydrogen-bond acceptors (Lipinski definition) is 5. The van der Waals surface area contributed by atoms with Crippen molar-refractivity contribution >= 4 is 0 Å². The van der Waals surface area contributed by atoms with Gasteiger partial charge in [-0.3, -0.25) is 0 Å². The number of benzene rings is 1. The number of aromatic nitrogens is 3. The van der Waals surface area contributed by atoms with E-state index < -0.39 is 17.1 Å². The van der Waals surface area contributed by atoms with Crippen molar-refractivity contribution in [3.63, 3.8) is 0 Å². The van der Waals surface area contributed by atoms with Crippen LogP contribution in [0.1, 0.15) is 129 Å². The topological polar surface area (TPSA) is 84.5 Å². The fourth-order valence-electron chi connectivity index (χ4n) is 3.71. The minimum atomic E-state index is -0.623. The standard InChI is InChI=1S/C16H25N3O3.C14H22O2.2C5H12/c1-6-10-17-13(20)18(11-7-2)15(22)19(14(17)21)12-8-9-16(3,4)5;1-6-15-11(2)16-13-9-7-12(8-10-13)14(3,4)5;2*1-5(2,3)4/h6-7H,1-2,8-12H2,3-5H3;7-11H,6H2,1-5H3;2*1-4H3. The van der Waals surface area contributed by atoms with E-state index in [-0.39, 0.29) is 30.2 Å². The molecule has 276 valence electrons. The van der Waals surface area contributed by atoms with Gasteiger partial charge in [0, 0.05) is 13.2 Å². The minimum absolute atomic E-state index is 0.0777. The first-order valence-corrected chi connectivity index (χ1v) is 17.2. The van der Waals surface area contributed by atoms with Gasteiger partial charge in [0.2, 0.25) is 0 Å². The Balaban J connectivity index is 0. The number of hydrogen-bond donors (Lipinski definition) is 0. The molecule has 0 bridgehead atoms. The van der Waals surface area contributed by atoms with E-state index in [9.17, 15) is 14.4 Å². The van der Waals surface area contributed by atoms with E-state index in [2.05, 4.69) is 122 Å². The van der Waals surface area contributed by atoms with E-state index in [0.29, 0.717) is 30.4 Å². The summed E-state index contributed by atoms with van der Waals surface area (Å²) in [5, 5.41) is 0. The summed E-state index contributed by atoms with van der Waals surface area (Å²) >= 11 is 0. The van der Waals surface area contributed by atoms with Crippen molar-refractivity contribution < 1.29 is 9.47 Å². The van der Waals surface area contributed by atoms with Crippen molar-refractivity contribution in [1.82, 2.24) is 13.7 Å². The minimum Gasteiger partial charge on any atom is -0.465 e. The summed E-state index contributed by atoms with van der Waals surface area (Å²) in [7, 11) is 0. The fraction of sp³-hybridized carbons (Fsp3) is 0.675.